The molecule has 0 aliphatic heterocycles. The summed E-state index contributed by atoms with van der Waals surface area (Å²) in [6.07, 6.45) is 20.4. The second-order valence-corrected chi connectivity index (χ2v) is 10.9. The summed E-state index contributed by atoms with van der Waals surface area (Å²) < 4.78 is 0. The molecule has 2 aromatic rings. The van der Waals surface area contributed by atoms with Crippen LogP contribution in [0.3, 0.4) is 0 Å². The summed E-state index contributed by atoms with van der Waals surface area (Å²) in [4.78, 5) is 0. The third kappa shape index (κ3) is 11.5. The predicted octanol–water partition coefficient (Wildman–Crippen LogP) is 9.20. The molecule has 2 aliphatic rings. The maximum absolute atomic E-state index is 2.47. The number of hydrogen-bond donors (Lipinski definition) is 0. The molecular formula is C32H48B. The fourth-order valence-electron chi connectivity index (χ4n) is 4.82. The standard InChI is InChI=1S/C17H24.C15H24B/c1-13-10-16(8-6-14-2-3-14)12-17(11-13)9-7-15-4-5-15;1-3-4-5-8-14-9-6-10-15(13-14)11-7-12-16-2/h10-12,14-15H,2-9H2,1H3;6,9-10,13H,3-5,7-8,11-12H2,1-2H3. The fraction of sp³-hybridized carbons (Fsp3) is 0.625. The van der Waals surface area contributed by atoms with E-state index in [0.717, 1.165) is 11.8 Å². The summed E-state index contributed by atoms with van der Waals surface area (Å²) in [5.74, 6) is 2.12. The summed E-state index contributed by atoms with van der Waals surface area (Å²) in [5.41, 5.74) is 7.66. The Balaban J connectivity index is 0.000000186. The molecule has 2 saturated carbocycles. The van der Waals surface area contributed by atoms with Crippen molar-refractivity contribution in [2.24, 2.45) is 11.8 Å². The number of benzene rings is 2. The predicted molar refractivity (Wildman–Crippen MR) is 148 cm³/mol. The topological polar surface area (TPSA) is 0 Å². The maximum atomic E-state index is 2.47. The van der Waals surface area contributed by atoms with Crippen molar-refractivity contribution in [1.82, 2.24) is 0 Å². The number of aryl methyl sites for hydroxylation is 5. The Hall–Kier alpha value is -1.50. The Bertz CT molecular complexity index is 740. The first-order chi connectivity index (χ1) is 16.2. The molecule has 0 amide bonds. The molecule has 2 fully saturated rings. The first kappa shape index (κ1) is 26.1. The van der Waals surface area contributed by atoms with E-state index < -0.39 is 0 Å². The quantitative estimate of drug-likeness (QED) is 0.202. The Morgan fingerprint density at radius 1 is 0.697 bits per heavy atom. The van der Waals surface area contributed by atoms with Gasteiger partial charge in [-0.3, -0.25) is 0 Å². The van der Waals surface area contributed by atoms with Gasteiger partial charge in [-0.15, -0.1) is 0 Å². The van der Waals surface area contributed by atoms with Crippen LogP contribution in [0.5, 0.6) is 0 Å². The van der Waals surface area contributed by atoms with E-state index >= 15 is 0 Å². The first-order valence-corrected chi connectivity index (χ1v) is 14.1. The van der Waals surface area contributed by atoms with Crippen LogP contribution in [0.2, 0.25) is 13.1 Å². The van der Waals surface area contributed by atoms with Crippen LogP contribution in [0.4, 0.5) is 0 Å². The van der Waals surface area contributed by atoms with Crippen molar-refractivity contribution in [3.05, 3.63) is 70.3 Å². The molecule has 0 heterocycles. The second-order valence-electron chi connectivity index (χ2n) is 10.9. The molecule has 33 heavy (non-hydrogen) atoms. The zero-order valence-corrected chi connectivity index (χ0v) is 21.9. The summed E-state index contributed by atoms with van der Waals surface area (Å²) in [7, 11) is 2.26. The molecule has 0 unspecified atom stereocenters. The molecule has 1 radical (unpaired) electrons. The zero-order chi connectivity index (χ0) is 23.3. The molecule has 179 valence electrons. The Labute approximate surface area is 206 Å². The molecule has 0 atom stereocenters. The van der Waals surface area contributed by atoms with E-state index in [1.54, 1.807) is 11.1 Å². The molecule has 2 aliphatic carbocycles. The minimum Gasteiger partial charge on any atom is -0.0920 e. The van der Waals surface area contributed by atoms with Crippen LogP contribution >= 0.6 is 0 Å². The van der Waals surface area contributed by atoms with Crippen LogP contribution in [0.25, 0.3) is 0 Å². The van der Waals surface area contributed by atoms with Crippen molar-refractivity contribution < 1.29 is 0 Å². The van der Waals surface area contributed by atoms with Crippen molar-refractivity contribution in [2.75, 3.05) is 0 Å². The molecule has 0 nitrogen and oxygen atoms in total. The normalized spacial score (nSPS) is 15.1. The van der Waals surface area contributed by atoms with Crippen LogP contribution in [0.15, 0.2) is 42.5 Å². The van der Waals surface area contributed by atoms with E-state index in [9.17, 15) is 0 Å². The van der Waals surface area contributed by atoms with Gasteiger partial charge in [-0.25, -0.2) is 0 Å². The molecule has 0 aromatic heterocycles. The van der Waals surface area contributed by atoms with Gasteiger partial charge in [0, 0.05) is 0 Å². The van der Waals surface area contributed by atoms with Gasteiger partial charge in [0.05, 0.1) is 0 Å². The van der Waals surface area contributed by atoms with Crippen molar-refractivity contribution in [3.63, 3.8) is 0 Å². The Morgan fingerprint density at radius 3 is 1.76 bits per heavy atom. The monoisotopic (exact) mass is 443 g/mol. The molecule has 0 bridgehead atoms. The van der Waals surface area contributed by atoms with Crippen LogP contribution in [0.1, 0.15) is 98.9 Å². The Morgan fingerprint density at radius 2 is 1.24 bits per heavy atom. The lowest BCUT2D eigenvalue weighted by atomic mass is 9.76. The lowest BCUT2D eigenvalue weighted by molar-refractivity contribution is 0.715. The highest BCUT2D eigenvalue weighted by atomic mass is 14.3. The van der Waals surface area contributed by atoms with Gasteiger partial charge >= 0.3 is 0 Å². The van der Waals surface area contributed by atoms with E-state index in [0.29, 0.717) is 0 Å². The van der Waals surface area contributed by atoms with Crippen LogP contribution < -0.4 is 0 Å². The second kappa shape index (κ2) is 14.7. The smallest absolute Gasteiger partial charge is 0.0920 e. The third-order valence-corrected chi connectivity index (χ3v) is 7.29. The highest BCUT2D eigenvalue weighted by molar-refractivity contribution is 6.33. The van der Waals surface area contributed by atoms with Gasteiger partial charge in [-0.1, -0.05) is 113 Å². The molecule has 0 saturated heterocycles. The van der Waals surface area contributed by atoms with Gasteiger partial charge in [0.2, 0.25) is 0 Å². The highest BCUT2D eigenvalue weighted by Crippen LogP contribution is 2.35. The number of rotatable bonds is 14. The Kier molecular flexibility index (Phi) is 11.6. The summed E-state index contributed by atoms with van der Waals surface area (Å²) in [6, 6.07) is 16.4. The SMILES string of the molecule is C[B]CCCc1cccc(CCCCC)c1.Cc1cc(CCC2CC2)cc(CCC2CC2)c1. The first-order valence-electron chi connectivity index (χ1n) is 14.1. The fourth-order valence-corrected chi connectivity index (χ4v) is 4.82. The van der Waals surface area contributed by atoms with Gasteiger partial charge in [0.1, 0.15) is 7.28 Å². The van der Waals surface area contributed by atoms with Gasteiger partial charge in [0.15, 0.2) is 0 Å². The van der Waals surface area contributed by atoms with Gasteiger partial charge < -0.3 is 0 Å². The average molecular weight is 444 g/mol. The van der Waals surface area contributed by atoms with E-state index in [-0.39, 0.29) is 0 Å². The molecule has 2 aromatic carbocycles. The van der Waals surface area contributed by atoms with Gasteiger partial charge in [-0.05, 0) is 86.0 Å². The van der Waals surface area contributed by atoms with Gasteiger partial charge in [-0.2, -0.15) is 0 Å². The molecule has 1 heteroatoms. The lowest BCUT2D eigenvalue weighted by Gasteiger charge is -2.07. The summed E-state index contributed by atoms with van der Waals surface area (Å²) in [5, 5.41) is 0. The largest absolute Gasteiger partial charge is 0.105 e. The van der Waals surface area contributed by atoms with E-state index in [2.05, 4.69) is 70.4 Å². The maximum Gasteiger partial charge on any atom is 0.105 e. The highest BCUT2D eigenvalue weighted by Gasteiger charge is 2.21. The van der Waals surface area contributed by atoms with Crippen molar-refractivity contribution in [3.8, 4) is 0 Å². The third-order valence-electron chi connectivity index (χ3n) is 7.29. The minimum absolute atomic E-state index is 1.06. The van der Waals surface area contributed by atoms with E-state index in [1.165, 1.54) is 113 Å². The van der Waals surface area contributed by atoms with Gasteiger partial charge in [0.25, 0.3) is 0 Å². The van der Waals surface area contributed by atoms with E-state index in [4.69, 9.17) is 0 Å². The zero-order valence-electron chi connectivity index (χ0n) is 21.9. The van der Waals surface area contributed by atoms with Crippen molar-refractivity contribution in [1.29, 1.82) is 0 Å². The van der Waals surface area contributed by atoms with Crippen molar-refractivity contribution >= 4 is 7.28 Å². The molecule has 0 N–H and O–H groups in total. The minimum atomic E-state index is 1.06. The van der Waals surface area contributed by atoms with Crippen LogP contribution in [-0.4, -0.2) is 7.28 Å². The molecular weight excluding hydrogens is 395 g/mol. The average Bonchev–Trinajstić information content (AvgIpc) is 3.73. The summed E-state index contributed by atoms with van der Waals surface area (Å²) in [6.45, 7) is 6.65. The van der Waals surface area contributed by atoms with Crippen molar-refractivity contribution in [2.45, 2.75) is 117 Å². The van der Waals surface area contributed by atoms with Crippen LogP contribution in [0, 0.1) is 18.8 Å². The summed E-state index contributed by atoms with van der Waals surface area (Å²) >= 11 is 0. The molecule has 4 rings (SSSR count). The lowest BCUT2D eigenvalue weighted by Crippen LogP contribution is -1.93. The van der Waals surface area contributed by atoms with E-state index in [1.807, 2.05) is 0 Å². The van der Waals surface area contributed by atoms with Crippen LogP contribution in [-0.2, 0) is 25.7 Å². The molecule has 0 spiro atoms. The number of unbranched alkanes of at least 4 members (excludes halogenated alkanes) is 2. The number of hydrogen-bond acceptors (Lipinski definition) is 0.